The zero-order valence-corrected chi connectivity index (χ0v) is 14.0. The second-order valence-electron chi connectivity index (χ2n) is 6.50. The van der Waals surface area contributed by atoms with Crippen molar-refractivity contribution < 1.29 is 24.3 Å². The van der Waals surface area contributed by atoms with Crippen molar-refractivity contribution in [3.8, 4) is 0 Å². The predicted molar refractivity (Wildman–Crippen MR) is 84.3 cm³/mol. The summed E-state index contributed by atoms with van der Waals surface area (Å²) in [4.78, 5) is 21.0. The second kappa shape index (κ2) is 6.16. The zero-order valence-electron chi connectivity index (χ0n) is 14.0. The van der Waals surface area contributed by atoms with E-state index in [-0.39, 0.29) is 5.95 Å². The van der Waals surface area contributed by atoms with Gasteiger partial charge >= 0.3 is 7.12 Å². The van der Waals surface area contributed by atoms with Crippen molar-refractivity contribution in [3.63, 3.8) is 0 Å². The van der Waals surface area contributed by atoms with Crippen LogP contribution in [0.5, 0.6) is 0 Å². The number of nitrogens with zero attached hydrogens (tertiary/aromatic N) is 3. The minimum absolute atomic E-state index is 0.114. The Morgan fingerprint density at radius 1 is 1.26 bits per heavy atom. The van der Waals surface area contributed by atoms with Gasteiger partial charge in [0, 0.05) is 24.9 Å². The molecular weight excluding hydrogens is 301 g/mol. The number of likely N-dealkylation sites (N-methyl/N-ethyl adjacent to an activating group) is 1. The van der Waals surface area contributed by atoms with Crippen LogP contribution in [0.15, 0.2) is 12.4 Å². The number of aromatic nitrogens is 2. The number of carbonyl (C=O) groups is 1. The topological polar surface area (TPSA) is 105 Å². The molecule has 0 bridgehead atoms. The molecule has 0 aromatic carbocycles. The van der Waals surface area contributed by atoms with E-state index in [0.29, 0.717) is 5.46 Å². The van der Waals surface area contributed by atoms with E-state index in [9.17, 15) is 9.90 Å². The summed E-state index contributed by atoms with van der Waals surface area (Å²) in [5, 5.41) is 18.2. The van der Waals surface area contributed by atoms with Crippen molar-refractivity contribution in [2.45, 2.75) is 45.0 Å². The third kappa shape index (κ3) is 3.37. The van der Waals surface area contributed by atoms with E-state index in [1.165, 1.54) is 19.4 Å². The summed E-state index contributed by atoms with van der Waals surface area (Å²) in [5.41, 5.74) is -0.293. The monoisotopic (exact) mass is 323 g/mol. The summed E-state index contributed by atoms with van der Waals surface area (Å²) in [7, 11) is 0.837. The van der Waals surface area contributed by atoms with Gasteiger partial charge in [0.2, 0.25) is 5.95 Å². The first-order valence-electron chi connectivity index (χ1n) is 7.33. The molecule has 1 saturated heterocycles. The van der Waals surface area contributed by atoms with Crippen LogP contribution in [0.2, 0.25) is 0 Å². The molecule has 2 heterocycles. The number of rotatable bonds is 4. The standard InChI is InChI=1S/C14H22BN3O5/c1-13(2)14(3,4)23-15(22-13)9-6-16-12(17-7-9)18(5)11(21)10(20)8-19/h6-7,10,19-20H,8H2,1-5H3/t10-/m1/s1. The van der Waals surface area contributed by atoms with Crippen molar-refractivity contribution in [2.24, 2.45) is 0 Å². The molecule has 0 unspecified atom stereocenters. The van der Waals surface area contributed by atoms with Crippen LogP contribution in [-0.2, 0) is 14.1 Å². The van der Waals surface area contributed by atoms with Crippen LogP contribution in [-0.4, -0.2) is 64.2 Å². The molecule has 1 atom stereocenters. The average Bonchev–Trinajstić information content (AvgIpc) is 2.73. The maximum absolute atomic E-state index is 11.8. The van der Waals surface area contributed by atoms with Crippen LogP contribution < -0.4 is 10.4 Å². The molecule has 8 nitrogen and oxygen atoms in total. The van der Waals surface area contributed by atoms with Gasteiger partial charge in [0.25, 0.3) is 5.91 Å². The Hall–Kier alpha value is -1.55. The molecule has 2 rings (SSSR count). The highest BCUT2D eigenvalue weighted by Crippen LogP contribution is 2.36. The minimum atomic E-state index is -1.49. The molecule has 0 saturated carbocycles. The SMILES string of the molecule is CN(C(=O)[C@H](O)CO)c1ncc(B2OC(C)(C)C(C)(C)O2)cn1. The molecule has 0 aliphatic carbocycles. The normalized spacial score (nSPS) is 20.4. The van der Waals surface area contributed by atoms with Gasteiger partial charge in [-0.15, -0.1) is 0 Å². The van der Waals surface area contributed by atoms with Gasteiger partial charge in [0.05, 0.1) is 17.8 Å². The minimum Gasteiger partial charge on any atom is -0.399 e. The molecule has 1 amide bonds. The summed E-state index contributed by atoms with van der Waals surface area (Å²) in [5.74, 6) is -0.571. The second-order valence-corrected chi connectivity index (χ2v) is 6.50. The lowest BCUT2D eigenvalue weighted by atomic mass is 9.81. The Bertz CT molecular complexity index is 562. The number of hydrogen-bond donors (Lipinski definition) is 2. The Kier molecular flexibility index (Phi) is 4.77. The lowest BCUT2D eigenvalue weighted by Crippen LogP contribution is -2.41. The maximum Gasteiger partial charge on any atom is 0.498 e. The van der Waals surface area contributed by atoms with E-state index in [1.54, 1.807) is 0 Å². The Balaban J connectivity index is 2.13. The van der Waals surface area contributed by atoms with E-state index in [2.05, 4.69) is 9.97 Å². The van der Waals surface area contributed by atoms with Crippen molar-refractivity contribution in [3.05, 3.63) is 12.4 Å². The van der Waals surface area contributed by atoms with Crippen molar-refractivity contribution in [2.75, 3.05) is 18.6 Å². The fourth-order valence-corrected chi connectivity index (χ4v) is 2.01. The molecule has 2 N–H and O–H groups in total. The van der Waals surface area contributed by atoms with Crippen LogP contribution in [0.25, 0.3) is 0 Å². The number of carbonyl (C=O) groups excluding carboxylic acids is 1. The Morgan fingerprint density at radius 3 is 2.17 bits per heavy atom. The van der Waals surface area contributed by atoms with Gasteiger partial charge in [0.15, 0.2) is 6.10 Å². The summed E-state index contributed by atoms with van der Waals surface area (Å²) in [6.07, 6.45) is 1.53. The van der Waals surface area contributed by atoms with Crippen LogP contribution in [0.4, 0.5) is 5.95 Å². The fraction of sp³-hybridized carbons (Fsp3) is 0.643. The van der Waals surface area contributed by atoms with Gasteiger partial charge in [0.1, 0.15) is 0 Å². The van der Waals surface area contributed by atoms with Crippen LogP contribution in [0.3, 0.4) is 0 Å². The molecule has 1 aromatic heterocycles. The summed E-state index contributed by atoms with van der Waals surface area (Å²) in [6, 6.07) is 0. The quantitative estimate of drug-likeness (QED) is 0.691. The third-order valence-electron chi connectivity index (χ3n) is 4.27. The average molecular weight is 323 g/mol. The number of aliphatic hydroxyl groups is 2. The summed E-state index contributed by atoms with van der Waals surface area (Å²) >= 11 is 0. The van der Waals surface area contributed by atoms with Gasteiger partial charge in [-0.3, -0.25) is 9.69 Å². The van der Waals surface area contributed by atoms with Gasteiger partial charge in [-0.25, -0.2) is 9.97 Å². The largest absolute Gasteiger partial charge is 0.498 e. The molecule has 23 heavy (non-hydrogen) atoms. The first kappa shape index (κ1) is 17.8. The molecular formula is C14H22BN3O5. The molecule has 9 heteroatoms. The van der Waals surface area contributed by atoms with E-state index in [1.807, 2.05) is 27.7 Å². The first-order valence-corrected chi connectivity index (χ1v) is 7.33. The maximum atomic E-state index is 11.8. The predicted octanol–water partition coefficient (Wildman–Crippen LogP) is -0.908. The van der Waals surface area contributed by atoms with Crippen LogP contribution in [0.1, 0.15) is 27.7 Å². The van der Waals surface area contributed by atoms with Crippen LogP contribution >= 0.6 is 0 Å². The number of anilines is 1. The van der Waals surface area contributed by atoms with Gasteiger partial charge < -0.3 is 19.5 Å². The van der Waals surface area contributed by atoms with Gasteiger partial charge in [-0.2, -0.15) is 0 Å². The molecule has 1 aliphatic rings. The fourth-order valence-electron chi connectivity index (χ4n) is 2.01. The molecule has 0 radical (unpaired) electrons. The van der Waals surface area contributed by atoms with Crippen molar-refractivity contribution in [1.82, 2.24) is 9.97 Å². The molecule has 1 aromatic rings. The lowest BCUT2D eigenvalue weighted by molar-refractivity contribution is -0.128. The molecule has 126 valence electrons. The third-order valence-corrected chi connectivity index (χ3v) is 4.27. The van der Waals surface area contributed by atoms with Gasteiger partial charge in [-0.1, -0.05) is 0 Å². The highest BCUT2D eigenvalue weighted by Gasteiger charge is 2.52. The number of amides is 1. The Morgan fingerprint density at radius 2 is 1.74 bits per heavy atom. The highest BCUT2D eigenvalue weighted by molar-refractivity contribution is 6.61. The molecule has 1 fully saturated rings. The molecule has 0 spiro atoms. The molecule has 1 aliphatic heterocycles. The van der Waals surface area contributed by atoms with Crippen molar-refractivity contribution >= 4 is 24.4 Å². The first-order chi connectivity index (χ1) is 10.6. The highest BCUT2D eigenvalue weighted by atomic mass is 16.7. The summed E-state index contributed by atoms with van der Waals surface area (Å²) in [6.45, 7) is 7.14. The lowest BCUT2D eigenvalue weighted by Gasteiger charge is -2.32. The van der Waals surface area contributed by atoms with E-state index < -0.39 is 36.9 Å². The van der Waals surface area contributed by atoms with Crippen molar-refractivity contribution in [1.29, 1.82) is 0 Å². The summed E-state index contributed by atoms with van der Waals surface area (Å²) < 4.78 is 11.8. The smallest absolute Gasteiger partial charge is 0.399 e. The number of hydrogen-bond acceptors (Lipinski definition) is 7. The Labute approximate surface area is 135 Å². The van der Waals surface area contributed by atoms with E-state index in [4.69, 9.17) is 14.4 Å². The van der Waals surface area contributed by atoms with Crippen LogP contribution in [0, 0.1) is 0 Å². The zero-order chi connectivity index (χ0) is 17.4. The van der Waals surface area contributed by atoms with E-state index >= 15 is 0 Å². The number of aliphatic hydroxyl groups excluding tert-OH is 2. The van der Waals surface area contributed by atoms with E-state index in [0.717, 1.165) is 4.90 Å². The van der Waals surface area contributed by atoms with Gasteiger partial charge in [-0.05, 0) is 27.7 Å².